The van der Waals surface area contributed by atoms with Gasteiger partial charge < -0.3 is 20.1 Å². The van der Waals surface area contributed by atoms with Crippen molar-refractivity contribution in [2.45, 2.75) is 13.0 Å². The zero-order valence-electron chi connectivity index (χ0n) is 18.5. The van der Waals surface area contributed by atoms with Crippen molar-refractivity contribution in [3.63, 3.8) is 0 Å². The van der Waals surface area contributed by atoms with Gasteiger partial charge in [-0.3, -0.25) is 4.79 Å². The maximum atomic E-state index is 12.5. The fourth-order valence-corrected chi connectivity index (χ4v) is 4.99. The second-order valence-electron chi connectivity index (χ2n) is 8.95. The molecule has 5 nitrogen and oxygen atoms in total. The second-order valence-corrected chi connectivity index (χ2v) is 8.95. The van der Waals surface area contributed by atoms with Crippen LogP contribution in [0.1, 0.15) is 11.1 Å². The minimum absolute atomic E-state index is 0.164. The summed E-state index contributed by atoms with van der Waals surface area (Å²) >= 11 is 0. The molecule has 3 aromatic carbocycles. The Bertz CT molecular complexity index is 1200. The van der Waals surface area contributed by atoms with E-state index in [-0.39, 0.29) is 5.91 Å². The van der Waals surface area contributed by atoms with E-state index >= 15 is 0 Å². The number of nitrogens with one attached hydrogen (secondary N) is 4. The highest BCUT2D eigenvalue weighted by molar-refractivity contribution is 5.85. The van der Waals surface area contributed by atoms with E-state index in [9.17, 15) is 4.79 Å². The number of hydrogen-bond acceptors (Lipinski definition) is 1. The van der Waals surface area contributed by atoms with Gasteiger partial charge in [-0.1, -0.05) is 60.7 Å². The predicted molar refractivity (Wildman–Crippen MR) is 129 cm³/mol. The first-order valence-corrected chi connectivity index (χ1v) is 11.7. The first-order chi connectivity index (χ1) is 15.8. The van der Waals surface area contributed by atoms with Gasteiger partial charge in [0.2, 0.25) is 0 Å². The second kappa shape index (κ2) is 9.55. The van der Waals surface area contributed by atoms with Crippen LogP contribution >= 0.6 is 0 Å². The van der Waals surface area contributed by atoms with Crippen LogP contribution in [0.25, 0.3) is 21.7 Å². The van der Waals surface area contributed by atoms with Crippen molar-refractivity contribution in [1.29, 1.82) is 0 Å². The molecule has 4 aromatic rings. The van der Waals surface area contributed by atoms with Gasteiger partial charge in [0, 0.05) is 29.2 Å². The molecule has 1 amide bonds. The number of carbonyl (C=O) groups is 1. The highest BCUT2D eigenvalue weighted by Gasteiger charge is 2.25. The molecule has 4 N–H and O–H groups in total. The van der Waals surface area contributed by atoms with Crippen LogP contribution in [0, 0.1) is 0 Å². The van der Waals surface area contributed by atoms with Crippen molar-refractivity contribution in [2.24, 2.45) is 0 Å². The third kappa shape index (κ3) is 4.69. The first-order valence-electron chi connectivity index (χ1n) is 11.7. The van der Waals surface area contributed by atoms with Gasteiger partial charge in [-0.25, -0.2) is 0 Å². The van der Waals surface area contributed by atoms with Gasteiger partial charge in [0.1, 0.15) is 32.7 Å². The monoisotopic (exact) mass is 428 g/mol. The van der Waals surface area contributed by atoms with Crippen LogP contribution in [-0.2, 0) is 17.8 Å². The van der Waals surface area contributed by atoms with E-state index in [0.717, 1.165) is 44.7 Å². The Kier molecular flexibility index (Phi) is 6.19. The fourth-order valence-electron chi connectivity index (χ4n) is 4.99. The lowest BCUT2D eigenvalue weighted by Gasteiger charge is -2.29. The SMILES string of the molecule is O=C(C[NH+]1CC[NH+](Cc2cccc3ccccc23)CC1)NCCc1c[nH]c2ccccc12. The van der Waals surface area contributed by atoms with Crippen LogP contribution in [0.4, 0.5) is 0 Å². The van der Waals surface area contributed by atoms with Crippen molar-refractivity contribution in [1.82, 2.24) is 10.3 Å². The normalized spacial score (nSPS) is 18.8. The molecule has 0 aliphatic carbocycles. The topological polar surface area (TPSA) is 53.8 Å². The summed E-state index contributed by atoms with van der Waals surface area (Å²) in [5.41, 5.74) is 3.85. The Morgan fingerprint density at radius 2 is 1.53 bits per heavy atom. The number of carbonyl (C=O) groups excluding carboxylic acids is 1. The summed E-state index contributed by atoms with van der Waals surface area (Å²) < 4.78 is 0. The van der Waals surface area contributed by atoms with Crippen LogP contribution in [0.3, 0.4) is 0 Å². The maximum absolute atomic E-state index is 12.5. The Hall–Kier alpha value is -3.15. The van der Waals surface area contributed by atoms with E-state index in [1.54, 1.807) is 4.90 Å². The molecule has 0 radical (unpaired) electrons. The van der Waals surface area contributed by atoms with E-state index in [2.05, 4.69) is 77.2 Å². The minimum atomic E-state index is 0.164. The number of benzene rings is 3. The lowest BCUT2D eigenvalue weighted by atomic mass is 10.0. The molecule has 1 aliphatic rings. The molecule has 1 aliphatic heterocycles. The van der Waals surface area contributed by atoms with E-state index < -0.39 is 0 Å². The number of amides is 1. The van der Waals surface area contributed by atoms with E-state index in [0.29, 0.717) is 13.1 Å². The van der Waals surface area contributed by atoms with E-state index in [1.165, 1.54) is 32.2 Å². The van der Waals surface area contributed by atoms with Crippen molar-refractivity contribution < 1.29 is 14.6 Å². The fraction of sp³-hybridized carbons (Fsp3) is 0.296. The summed E-state index contributed by atoms with van der Waals surface area (Å²) in [6.07, 6.45) is 2.91. The van der Waals surface area contributed by atoms with Gasteiger partial charge in [0.05, 0.1) is 0 Å². The number of piperazine rings is 1. The summed E-state index contributed by atoms with van der Waals surface area (Å²) in [6.45, 7) is 6.65. The molecular weight excluding hydrogens is 396 g/mol. The molecule has 0 atom stereocenters. The van der Waals surface area contributed by atoms with Crippen molar-refractivity contribution in [2.75, 3.05) is 39.3 Å². The third-order valence-electron chi connectivity index (χ3n) is 6.79. The van der Waals surface area contributed by atoms with Crippen molar-refractivity contribution in [3.05, 3.63) is 84.1 Å². The standard InChI is InChI=1S/C27H30N4O/c32-27(28-13-12-22-18-29-26-11-4-3-10-25(22)26)20-31-16-14-30(15-17-31)19-23-8-5-7-21-6-1-2-9-24(21)23/h1-11,18,29H,12-17,19-20H2,(H,28,32)/p+2. The molecule has 1 fully saturated rings. The molecule has 32 heavy (non-hydrogen) atoms. The van der Waals surface area contributed by atoms with E-state index in [1.807, 2.05) is 6.07 Å². The molecule has 0 spiro atoms. The molecule has 0 bridgehead atoms. The molecule has 1 saturated heterocycles. The van der Waals surface area contributed by atoms with Crippen molar-refractivity contribution >= 4 is 27.6 Å². The highest BCUT2D eigenvalue weighted by Crippen LogP contribution is 2.18. The lowest BCUT2D eigenvalue weighted by Crippen LogP contribution is -3.28. The van der Waals surface area contributed by atoms with Gasteiger partial charge >= 0.3 is 0 Å². The van der Waals surface area contributed by atoms with Gasteiger partial charge in [-0.05, 0) is 28.8 Å². The molecule has 5 heteroatoms. The maximum Gasteiger partial charge on any atom is 0.275 e. The summed E-state index contributed by atoms with van der Waals surface area (Å²) in [5, 5.41) is 7.06. The predicted octanol–water partition coefficient (Wildman–Crippen LogP) is 0.963. The molecule has 164 valence electrons. The number of rotatable bonds is 7. The molecule has 5 rings (SSSR count). The highest BCUT2D eigenvalue weighted by atomic mass is 16.2. The van der Waals surface area contributed by atoms with Crippen LogP contribution in [0.2, 0.25) is 0 Å². The minimum Gasteiger partial charge on any atom is -0.361 e. The van der Waals surface area contributed by atoms with Gasteiger partial charge in [0.15, 0.2) is 6.54 Å². The van der Waals surface area contributed by atoms with Crippen molar-refractivity contribution in [3.8, 4) is 0 Å². The van der Waals surface area contributed by atoms with Crippen LogP contribution in [-0.4, -0.2) is 50.2 Å². The molecule has 1 aromatic heterocycles. The average molecular weight is 429 g/mol. The number of fused-ring (bicyclic) bond motifs is 2. The Morgan fingerprint density at radius 1 is 0.812 bits per heavy atom. The summed E-state index contributed by atoms with van der Waals surface area (Å²) in [5.74, 6) is 0.164. The van der Waals surface area contributed by atoms with Crippen LogP contribution < -0.4 is 15.1 Å². The number of aromatic amines is 1. The summed E-state index contributed by atoms with van der Waals surface area (Å²) in [4.78, 5) is 18.8. The smallest absolute Gasteiger partial charge is 0.275 e. The number of hydrogen-bond donors (Lipinski definition) is 4. The zero-order valence-corrected chi connectivity index (χ0v) is 18.5. The summed E-state index contributed by atoms with van der Waals surface area (Å²) in [6, 6.07) is 23.6. The number of H-pyrrole nitrogens is 1. The van der Waals surface area contributed by atoms with Gasteiger partial charge in [0.25, 0.3) is 5.91 Å². The lowest BCUT2D eigenvalue weighted by molar-refractivity contribution is -1.02. The Morgan fingerprint density at radius 3 is 2.41 bits per heavy atom. The number of aromatic nitrogens is 1. The van der Waals surface area contributed by atoms with Crippen LogP contribution in [0.15, 0.2) is 72.9 Å². The first kappa shape index (κ1) is 20.7. The molecular formula is C27H32N4O+2. The van der Waals surface area contributed by atoms with E-state index in [4.69, 9.17) is 0 Å². The van der Waals surface area contributed by atoms with Gasteiger partial charge in [-0.2, -0.15) is 0 Å². The number of para-hydroxylation sites is 1. The number of quaternary nitrogens is 2. The average Bonchev–Trinajstić information content (AvgIpc) is 3.24. The Labute approximate surface area is 189 Å². The zero-order chi connectivity index (χ0) is 21.8. The Balaban J connectivity index is 1.07. The van der Waals surface area contributed by atoms with Crippen LogP contribution in [0.5, 0.6) is 0 Å². The molecule has 2 heterocycles. The molecule has 0 unspecified atom stereocenters. The molecule has 0 saturated carbocycles. The van der Waals surface area contributed by atoms with Gasteiger partial charge in [-0.15, -0.1) is 0 Å². The third-order valence-corrected chi connectivity index (χ3v) is 6.79. The summed E-state index contributed by atoms with van der Waals surface area (Å²) in [7, 11) is 0. The quantitative estimate of drug-likeness (QED) is 0.348. The largest absolute Gasteiger partial charge is 0.361 e.